The van der Waals surface area contributed by atoms with Crippen LogP contribution in [0.3, 0.4) is 0 Å². The summed E-state index contributed by atoms with van der Waals surface area (Å²) in [5.74, 6) is 1.04. The summed E-state index contributed by atoms with van der Waals surface area (Å²) in [5.41, 5.74) is 2.82. The summed E-state index contributed by atoms with van der Waals surface area (Å²) >= 11 is 1.90. The average molecular weight is 271 g/mol. The van der Waals surface area contributed by atoms with Gasteiger partial charge in [0.2, 0.25) is 0 Å². The summed E-state index contributed by atoms with van der Waals surface area (Å²) in [6, 6.07) is 11.5. The molecule has 0 fully saturated rings. The van der Waals surface area contributed by atoms with Gasteiger partial charge in [0, 0.05) is 16.5 Å². The van der Waals surface area contributed by atoms with Crippen molar-refractivity contribution >= 4 is 11.3 Å². The largest absolute Gasteiger partial charge is 0.491 e. The lowest BCUT2D eigenvalue weighted by Crippen LogP contribution is -2.29. The Labute approximate surface area is 117 Å². The summed E-state index contributed by atoms with van der Waals surface area (Å²) in [6.45, 7) is 0.759. The Bertz CT molecular complexity index is 592. The van der Waals surface area contributed by atoms with Crippen molar-refractivity contribution in [1.82, 2.24) is 5.32 Å². The molecule has 1 N–H and O–H groups in total. The molecule has 19 heavy (non-hydrogen) atoms. The van der Waals surface area contributed by atoms with Crippen molar-refractivity contribution in [1.29, 1.82) is 0 Å². The molecular weight excluding hydrogens is 254 g/mol. The van der Waals surface area contributed by atoms with Gasteiger partial charge in [0.15, 0.2) is 0 Å². The Hall–Kier alpha value is -1.32. The van der Waals surface area contributed by atoms with E-state index in [-0.39, 0.29) is 0 Å². The molecule has 2 aromatic rings. The van der Waals surface area contributed by atoms with Crippen LogP contribution in [0.5, 0.6) is 5.75 Å². The van der Waals surface area contributed by atoms with Crippen LogP contribution in [0.1, 0.15) is 40.9 Å². The summed E-state index contributed by atoms with van der Waals surface area (Å²) < 4.78 is 5.76. The van der Waals surface area contributed by atoms with Crippen LogP contribution >= 0.6 is 11.3 Å². The first-order valence-electron chi connectivity index (χ1n) is 6.96. The van der Waals surface area contributed by atoms with E-state index in [1.165, 1.54) is 30.4 Å². The molecule has 98 valence electrons. The van der Waals surface area contributed by atoms with Gasteiger partial charge in [0.25, 0.3) is 0 Å². The molecule has 3 heteroatoms. The number of para-hydroxylation sites is 1. The molecule has 2 atom stereocenters. The fraction of sp³-hybridized carbons (Fsp3) is 0.375. The summed E-state index contributed by atoms with van der Waals surface area (Å²) in [7, 11) is 0. The minimum Gasteiger partial charge on any atom is -0.491 e. The van der Waals surface area contributed by atoms with E-state index in [4.69, 9.17) is 4.74 Å². The maximum absolute atomic E-state index is 5.76. The monoisotopic (exact) mass is 271 g/mol. The van der Waals surface area contributed by atoms with Crippen molar-refractivity contribution in [2.75, 3.05) is 6.61 Å². The second-order valence-corrected chi connectivity index (χ2v) is 6.31. The standard InChI is InChI=1S/C16H17NOS/c1-2-6-15-11(4-1)14(10-18-15)17-13-5-3-7-16-12(13)8-9-19-16/h1-2,4,6,8-9,13-14,17H,3,5,7,10H2. The van der Waals surface area contributed by atoms with Crippen LogP contribution in [0.25, 0.3) is 0 Å². The molecule has 0 saturated carbocycles. The first kappa shape index (κ1) is 11.5. The van der Waals surface area contributed by atoms with Crippen molar-refractivity contribution in [3.05, 3.63) is 51.7 Å². The molecule has 1 aliphatic carbocycles. The van der Waals surface area contributed by atoms with Crippen molar-refractivity contribution < 1.29 is 4.74 Å². The third-order valence-corrected chi connectivity index (χ3v) is 5.15. The maximum atomic E-state index is 5.76. The van der Waals surface area contributed by atoms with Crippen molar-refractivity contribution in [2.45, 2.75) is 31.3 Å². The second-order valence-electron chi connectivity index (χ2n) is 5.31. The second kappa shape index (κ2) is 4.66. The van der Waals surface area contributed by atoms with E-state index < -0.39 is 0 Å². The van der Waals surface area contributed by atoms with E-state index >= 15 is 0 Å². The van der Waals surface area contributed by atoms with E-state index in [2.05, 4.69) is 35.0 Å². The Balaban J connectivity index is 1.58. The first-order valence-corrected chi connectivity index (χ1v) is 7.84. The van der Waals surface area contributed by atoms with Gasteiger partial charge in [0.1, 0.15) is 12.4 Å². The van der Waals surface area contributed by atoms with E-state index in [9.17, 15) is 0 Å². The van der Waals surface area contributed by atoms with Crippen LogP contribution in [-0.4, -0.2) is 6.61 Å². The highest BCUT2D eigenvalue weighted by Gasteiger charge is 2.28. The fourth-order valence-corrected chi connectivity index (χ4v) is 4.19. The summed E-state index contributed by atoms with van der Waals surface area (Å²) in [6.07, 6.45) is 3.78. The number of thiophene rings is 1. The van der Waals surface area contributed by atoms with Gasteiger partial charge >= 0.3 is 0 Å². The van der Waals surface area contributed by atoms with Crippen LogP contribution in [0.2, 0.25) is 0 Å². The topological polar surface area (TPSA) is 21.3 Å². The minimum absolute atomic E-state index is 0.340. The number of nitrogens with one attached hydrogen (secondary N) is 1. The number of aryl methyl sites for hydroxylation is 1. The molecule has 2 nitrogen and oxygen atoms in total. The molecular formula is C16H17NOS. The quantitative estimate of drug-likeness (QED) is 0.896. The van der Waals surface area contributed by atoms with E-state index in [1.54, 1.807) is 4.88 Å². The lowest BCUT2D eigenvalue weighted by atomic mass is 9.93. The third kappa shape index (κ3) is 1.97. The van der Waals surface area contributed by atoms with E-state index in [0.717, 1.165) is 12.4 Å². The van der Waals surface area contributed by atoms with Gasteiger partial charge in [0.05, 0.1) is 6.04 Å². The van der Waals surface area contributed by atoms with Crippen LogP contribution in [0, 0.1) is 0 Å². The Morgan fingerprint density at radius 3 is 3.05 bits per heavy atom. The van der Waals surface area contributed by atoms with Gasteiger partial charge in [-0.1, -0.05) is 18.2 Å². The normalized spacial score (nSPS) is 24.6. The molecule has 0 amide bonds. The molecule has 2 aliphatic rings. The maximum Gasteiger partial charge on any atom is 0.124 e. The third-order valence-electron chi connectivity index (χ3n) is 4.15. The lowest BCUT2D eigenvalue weighted by Gasteiger charge is -2.26. The van der Waals surface area contributed by atoms with E-state index in [1.807, 2.05) is 17.4 Å². The number of ether oxygens (including phenoxy) is 1. The van der Waals surface area contributed by atoms with Gasteiger partial charge in [-0.3, -0.25) is 0 Å². The molecule has 0 spiro atoms. The number of hydrogen-bond donors (Lipinski definition) is 1. The number of benzene rings is 1. The zero-order valence-corrected chi connectivity index (χ0v) is 11.6. The minimum atomic E-state index is 0.340. The number of fused-ring (bicyclic) bond motifs is 2. The predicted octanol–water partition coefficient (Wildman–Crippen LogP) is 3.85. The first-order chi connectivity index (χ1) is 9.42. The fourth-order valence-electron chi connectivity index (χ4n) is 3.20. The molecule has 0 bridgehead atoms. The number of rotatable bonds is 2. The van der Waals surface area contributed by atoms with Crippen LogP contribution in [-0.2, 0) is 6.42 Å². The van der Waals surface area contributed by atoms with Crippen molar-refractivity contribution in [3.8, 4) is 5.75 Å². The van der Waals surface area contributed by atoms with Gasteiger partial charge in [-0.15, -0.1) is 11.3 Å². The highest BCUT2D eigenvalue weighted by Crippen LogP contribution is 2.38. The van der Waals surface area contributed by atoms with Crippen LogP contribution < -0.4 is 10.1 Å². The SMILES string of the molecule is c1ccc2c(c1)OCC2NC1CCCc2sccc21. The molecule has 1 aromatic carbocycles. The molecule has 2 unspecified atom stereocenters. The van der Waals surface area contributed by atoms with Crippen LogP contribution in [0.4, 0.5) is 0 Å². The van der Waals surface area contributed by atoms with Crippen LogP contribution in [0.15, 0.2) is 35.7 Å². The van der Waals surface area contributed by atoms with Crippen molar-refractivity contribution in [2.24, 2.45) is 0 Å². The molecule has 1 aromatic heterocycles. The Kier molecular flexibility index (Phi) is 2.82. The molecule has 1 aliphatic heterocycles. The smallest absolute Gasteiger partial charge is 0.124 e. The van der Waals surface area contributed by atoms with Gasteiger partial charge in [-0.2, -0.15) is 0 Å². The molecule has 0 radical (unpaired) electrons. The average Bonchev–Trinajstić information content (AvgIpc) is 3.06. The highest BCUT2D eigenvalue weighted by molar-refractivity contribution is 7.10. The lowest BCUT2D eigenvalue weighted by molar-refractivity contribution is 0.290. The number of hydrogen-bond acceptors (Lipinski definition) is 3. The van der Waals surface area contributed by atoms with Crippen molar-refractivity contribution in [3.63, 3.8) is 0 Å². The zero-order chi connectivity index (χ0) is 12.7. The molecule has 2 heterocycles. The van der Waals surface area contributed by atoms with Gasteiger partial charge < -0.3 is 10.1 Å². The van der Waals surface area contributed by atoms with Gasteiger partial charge in [-0.25, -0.2) is 0 Å². The molecule has 0 saturated heterocycles. The predicted molar refractivity (Wildman–Crippen MR) is 77.8 cm³/mol. The summed E-state index contributed by atoms with van der Waals surface area (Å²) in [4.78, 5) is 1.57. The molecule has 4 rings (SSSR count). The summed E-state index contributed by atoms with van der Waals surface area (Å²) in [5, 5.41) is 6.02. The Morgan fingerprint density at radius 2 is 2.05 bits per heavy atom. The Morgan fingerprint density at radius 1 is 1.11 bits per heavy atom. The van der Waals surface area contributed by atoms with Gasteiger partial charge in [-0.05, 0) is 42.3 Å². The highest BCUT2D eigenvalue weighted by atomic mass is 32.1. The van der Waals surface area contributed by atoms with E-state index in [0.29, 0.717) is 12.1 Å². The zero-order valence-electron chi connectivity index (χ0n) is 10.8.